The van der Waals surface area contributed by atoms with Crippen LogP contribution in [0.3, 0.4) is 0 Å². The molecular weight excluding hydrogens is 208 g/mol. The first-order valence-corrected chi connectivity index (χ1v) is 6.15. The van der Waals surface area contributed by atoms with E-state index in [4.69, 9.17) is 9.47 Å². The van der Waals surface area contributed by atoms with Crippen LogP contribution in [0.2, 0.25) is 0 Å². The molecule has 0 radical (unpaired) electrons. The summed E-state index contributed by atoms with van der Waals surface area (Å²) in [7, 11) is 1.31. The molecule has 1 atom stereocenters. The number of hydrogen-bond donors (Lipinski definition) is 0. The quantitative estimate of drug-likeness (QED) is 0.382. The van der Waals surface area contributed by atoms with E-state index in [9.17, 15) is 4.79 Å². The Morgan fingerprint density at radius 2 is 2.12 bits per heavy atom. The summed E-state index contributed by atoms with van der Waals surface area (Å²) in [4.78, 5) is 10.9. The zero-order valence-electron chi connectivity index (χ0n) is 9.87. The van der Waals surface area contributed by atoms with Gasteiger partial charge in [-0.25, -0.2) is 4.79 Å². The Hall–Kier alpha value is -0.770. The van der Waals surface area contributed by atoms with Crippen LogP contribution >= 0.6 is 0 Å². The second kappa shape index (κ2) is 5.04. The fourth-order valence-corrected chi connectivity index (χ4v) is 1.94. The third-order valence-corrected chi connectivity index (χ3v) is 3.27. The van der Waals surface area contributed by atoms with Gasteiger partial charge in [-0.05, 0) is 12.3 Å². The summed E-state index contributed by atoms with van der Waals surface area (Å²) in [5, 5.41) is 0. The summed E-state index contributed by atoms with van der Waals surface area (Å²) in [6.45, 7) is 0.519. The van der Waals surface area contributed by atoms with Gasteiger partial charge < -0.3 is 14.2 Å². The van der Waals surface area contributed by atoms with Gasteiger partial charge in [0.25, 0.3) is 0 Å². The van der Waals surface area contributed by atoms with Crippen molar-refractivity contribution in [1.29, 1.82) is 0 Å². The van der Waals surface area contributed by atoms with Crippen LogP contribution in [0.5, 0.6) is 0 Å². The topological polar surface area (TPSA) is 48.1 Å². The van der Waals surface area contributed by atoms with E-state index >= 15 is 0 Å². The predicted molar refractivity (Wildman–Crippen MR) is 58.0 cm³/mol. The number of ether oxygens (including phenoxy) is 3. The number of epoxide rings is 1. The maximum absolute atomic E-state index is 10.9. The number of methoxy groups -OCH3 is 1. The van der Waals surface area contributed by atoms with E-state index in [0.717, 1.165) is 18.8 Å². The maximum atomic E-state index is 10.9. The molecule has 0 bridgehead atoms. The molecule has 1 unspecified atom stereocenters. The molecule has 0 amide bonds. The molecule has 1 heterocycles. The summed E-state index contributed by atoms with van der Waals surface area (Å²) in [6.07, 6.45) is 7.93. The molecule has 4 heteroatoms. The number of hydrogen-bond acceptors (Lipinski definition) is 4. The molecule has 1 saturated heterocycles. The van der Waals surface area contributed by atoms with Crippen molar-refractivity contribution < 1.29 is 19.0 Å². The third-order valence-electron chi connectivity index (χ3n) is 3.27. The summed E-state index contributed by atoms with van der Waals surface area (Å²) >= 11 is 0. The van der Waals surface area contributed by atoms with Gasteiger partial charge in [0.15, 0.2) is 0 Å². The van der Waals surface area contributed by atoms with E-state index in [1.807, 2.05) is 0 Å². The van der Waals surface area contributed by atoms with Crippen molar-refractivity contribution in [2.24, 2.45) is 5.92 Å². The molecule has 4 nitrogen and oxygen atoms in total. The Bertz CT molecular complexity index is 243. The highest BCUT2D eigenvalue weighted by molar-refractivity contribution is 5.60. The fraction of sp³-hybridized carbons (Fsp3) is 0.917. The Kier molecular flexibility index (Phi) is 3.69. The number of carbonyl (C=O) groups excluding carboxylic acids is 1. The van der Waals surface area contributed by atoms with Gasteiger partial charge in [0, 0.05) is 6.42 Å². The first-order chi connectivity index (χ1) is 7.74. The van der Waals surface area contributed by atoms with Crippen LogP contribution in [0, 0.1) is 5.92 Å². The molecule has 2 aliphatic rings. The standard InChI is InChI=1S/C12H20O4/c1-14-11(13)16-12(9-15-12)8-4-2-3-5-10-6-7-10/h10H,2-9H2,1H3. The van der Waals surface area contributed by atoms with Crippen LogP contribution in [0.25, 0.3) is 0 Å². The highest BCUT2D eigenvalue weighted by Crippen LogP contribution is 2.36. The first kappa shape index (κ1) is 11.7. The van der Waals surface area contributed by atoms with Crippen molar-refractivity contribution in [3.63, 3.8) is 0 Å². The lowest BCUT2D eigenvalue weighted by atomic mass is 10.1. The highest BCUT2D eigenvalue weighted by atomic mass is 16.8. The molecular formula is C12H20O4. The second-order valence-corrected chi connectivity index (χ2v) is 4.80. The number of unbranched alkanes of at least 4 members (excludes halogenated alkanes) is 2. The summed E-state index contributed by atoms with van der Waals surface area (Å²) < 4.78 is 14.7. The van der Waals surface area contributed by atoms with Gasteiger partial charge in [-0.15, -0.1) is 0 Å². The molecule has 0 aromatic heterocycles. The minimum Gasteiger partial charge on any atom is -0.438 e. The summed E-state index contributed by atoms with van der Waals surface area (Å²) in [5.41, 5.74) is 0. The molecule has 1 aliphatic carbocycles. The second-order valence-electron chi connectivity index (χ2n) is 4.80. The van der Waals surface area contributed by atoms with E-state index in [-0.39, 0.29) is 0 Å². The van der Waals surface area contributed by atoms with E-state index in [1.54, 1.807) is 0 Å². The van der Waals surface area contributed by atoms with Gasteiger partial charge in [-0.3, -0.25) is 0 Å². The molecule has 2 rings (SSSR count). The van der Waals surface area contributed by atoms with Crippen molar-refractivity contribution in [2.75, 3.05) is 13.7 Å². The van der Waals surface area contributed by atoms with Crippen molar-refractivity contribution in [1.82, 2.24) is 0 Å². The van der Waals surface area contributed by atoms with Crippen LogP contribution in [-0.4, -0.2) is 25.7 Å². The van der Waals surface area contributed by atoms with Gasteiger partial charge >= 0.3 is 6.16 Å². The average molecular weight is 228 g/mol. The Morgan fingerprint density at radius 1 is 1.38 bits per heavy atom. The molecule has 0 aromatic carbocycles. The van der Waals surface area contributed by atoms with E-state index in [2.05, 4.69) is 4.74 Å². The van der Waals surface area contributed by atoms with Crippen molar-refractivity contribution in [3.05, 3.63) is 0 Å². The molecule has 1 saturated carbocycles. The van der Waals surface area contributed by atoms with Crippen LogP contribution in [0.1, 0.15) is 44.9 Å². The first-order valence-electron chi connectivity index (χ1n) is 6.15. The smallest absolute Gasteiger partial charge is 0.438 e. The lowest BCUT2D eigenvalue weighted by Crippen LogP contribution is -2.21. The van der Waals surface area contributed by atoms with Crippen LogP contribution in [-0.2, 0) is 14.2 Å². The molecule has 1 aliphatic heterocycles. The van der Waals surface area contributed by atoms with Crippen molar-refractivity contribution in [2.45, 2.75) is 50.7 Å². The van der Waals surface area contributed by atoms with Crippen LogP contribution < -0.4 is 0 Å². The van der Waals surface area contributed by atoms with E-state index in [1.165, 1.54) is 39.2 Å². The Labute approximate surface area is 96.2 Å². The summed E-state index contributed by atoms with van der Waals surface area (Å²) in [5.74, 6) is 0.365. The zero-order chi connectivity index (χ0) is 11.4. The Morgan fingerprint density at radius 3 is 2.69 bits per heavy atom. The average Bonchev–Trinajstić information content (AvgIpc) is 3.14. The van der Waals surface area contributed by atoms with Gasteiger partial charge in [0.1, 0.15) is 6.61 Å². The number of carbonyl (C=O) groups is 1. The molecule has 0 N–H and O–H groups in total. The van der Waals surface area contributed by atoms with Crippen molar-refractivity contribution >= 4 is 6.16 Å². The molecule has 16 heavy (non-hydrogen) atoms. The SMILES string of the molecule is COC(=O)OC1(CCCCCC2CC2)CO1. The van der Waals surface area contributed by atoms with Gasteiger partial charge in [-0.1, -0.05) is 32.1 Å². The van der Waals surface area contributed by atoms with E-state index < -0.39 is 11.9 Å². The Balaban J connectivity index is 1.52. The summed E-state index contributed by atoms with van der Waals surface area (Å²) in [6, 6.07) is 0. The highest BCUT2D eigenvalue weighted by Gasteiger charge is 2.49. The predicted octanol–water partition coefficient (Wildman–Crippen LogP) is 2.86. The fourth-order valence-electron chi connectivity index (χ4n) is 1.94. The minimum atomic E-state index is -0.646. The van der Waals surface area contributed by atoms with Crippen LogP contribution in [0.4, 0.5) is 4.79 Å². The largest absolute Gasteiger partial charge is 0.510 e. The van der Waals surface area contributed by atoms with Crippen molar-refractivity contribution in [3.8, 4) is 0 Å². The third kappa shape index (κ3) is 3.67. The number of rotatable bonds is 7. The molecule has 0 spiro atoms. The van der Waals surface area contributed by atoms with Crippen LogP contribution in [0.15, 0.2) is 0 Å². The molecule has 2 fully saturated rings. The normalized spacial score (nSPS) is 27.6. The lowest BCUT2D eigenvalue weighted by molar-refractivity contribution is -0.0324. The maximum Gasteiger partial charge on any atom is 0.510 e. The van der Waals surface area contributed by atoms with E-state index in [0.29, 0.717) is 6.61 Å². The van der Waals surface area contributed by atoms with Gasteiger partial charge in [0.2, 0.25) is 5.79 Å². The monoisotopic (exact) mass is 228 g/mol. The zero-order valence-corrected chi connectivity index (χ0v) is 9.87. The molecule has 92 valence electrons. The molecule has 0 aromatic rings. The minimum absolute atomic E-state index is 0.519. The van der Waals surface area contributed by atoms with Gasteiger partial charge in [-0.2, -0.15) is 0 Å². The van der Waals surface area contributed by atoms with Gasteiger partial charge in [0.05, 0.1) is 7.11 Å². The lowest BCUT2D eigenvalue weighted by Gasteiger charge is -2.11.